The highest BCUT2D eigenvalue weighted by Gasteiger charge is 2.12. The van der Waals surface area contributed by atoms with Gasteiger partial charge in [-0.15, -0.1) is 0 Å². The van der Waals surface area contributed by atoms with Gasteiger partial charge in [-0.1, -0.05) is 48.5 Å². The molecule has 0 heterocycles. The first-order chi connectivity index (χ1) is 12.5. The number of aryl methyl sites for hydroxylation is 2. The topological polar surface area (TPSA) is 38.3 Å². The number of carbonyl (C=O) groups excluding carboxylic acids is 1. The van der Waals surface area contributed by atoms with Crippen molar-refractivity contribution in [1.29, 1.82) is 0 Å². The Morgan fingerprint density at radius 2 is 1.85 bits per heavy atom. The molecule has 0 saturated carbocycles. The van der Waals surface area contributed by atoms with Crippen LogP contribution >= 0.6 is 15.9 Å². The third-order valence-electron chi connectivity index (χ3n) is 4.60. The summed E-state index contributed by atoms with van der Waals surface area (Å²) in [4.78, 5) is 12.3. The molecule has 0 saturated heterocycles. The van der Waals surface area contributed by atoms with E-state index in [1.807, 2.05) is 49.4 Å². The summed E-state index contributed by atoms with van der Waals surface area (Å²) < 4.78 is 6.59. The van der Waals surface area contributed by atoms with Gasteiger partial charge in [0.15, 0.2) is 6.61 Å². The Bertz CT molecular complexity index is 952. The van der Waals surface area contributed by atoms with Gasteiger partial charge in [-0.2, -0.15) is 0 Å². The zero-order valence-electron chi connectivity index (χ0n) is 15.2. The van der Waals surface area contributed by atoms with Gasteiger partial charge in [-0.3, -0.25) is 4.79 Å². The van der Waals surface area contributed by atoms with Gasteiger partial charge in [0.1, 0.15) is 5.75 Å². The molecule has 26 heavy (non-hydrogen) atoms. The molecule has 0 radical (unpaired) electrons. The molecule has 3 aromatic carbocycles. The van der Waals surface area contributed by atoms with Gasteiger partial charge >= 0.3 is 0 Å². The van der Waals surface area contributed by atoms with Gasteiger partial charge in [0.2, 0.25) is 0 Å². The number of hydrogen-bond acceptors (Lipinski definition) is 2. The summed E-state index contributed by atoms with van der Waals surface area (Å²) >= 11 is 3.58. The van der Waals surface area contributed by atoms with Crippen molar-refractivity contribution in [3.63, 3.8) is 0 Å². The molecule has 4 heteroatoms. The zero-order valence-corrected chi connectivity index (χ0v) is 16.8. The van der Waals surface area contributed by atoms with Gasteiger partial charge < -0.3 is 10.1 Å². The maximum Gasteiger partial charge on any atom is 0.258 e. The summed E-state index contributed by atoms with van der Waals surface area (Å²) in [6, 6.07) is 18.1. The van der Waals surface area contributed by atoms with E-state index in [0.29, 0.717) is 5.75 Å². The van der Waals surface area contributed by atoms with Crippen molar-refractivity contribution in [2.24, 2.45) is 0 Å². The predicted molar refractivity (Wildman–Crippen MR) is 110 cm³/mol. The molecule has 0 fully saturated rings. The van der Waals surface area contributed by atoms with E-state index in [1.54, 1.807) is 0 Å². The Balaban J connectivity index is 1.63. The predicted octanol–water partition coefficient (Wildman–Crippen LogP) is 5.48. The molecule has 0 aliphatic carbocycles. The third-order valence-corrected chi connectivity index (χ3v) is 5.41. The fourth-order valence-electron chi connectivity index (χ4n) is 2.87. The first-order valence-corrected chi connectivity index (χ1v) is 9.41. The van der Waals surface area contributed by atoms with Crippen molar-refractivity contribution in [3.8, 4) is 5.75 Å². The van der Waals surface area contributed by atoms with Crippen LogP contribution in [0, 0.1) is 13.8 Å². The minimum Gasteiger partial charge on any atom is -0.483 e. The third kappa shape index (κ3) is 4.07. The number of halogens is 1. The molecule has 0 aliphatic rings. The first kappa shape index (κ1) is 18.5. The van der Waals surface area contributed by atoms with E-state index < -0.39 is 0 Å². The summed E-state index contributed by atoms with van der Waals surface area (Å²) in [7, 11) is 0. The number of nitrogens with one attached hydrogen (secondary N) is 1. The lowest BCUT2D eigenvalue weighted by Gasteiger charge is -2.16. The van der Waals surface area contributed by atoms with Gasteiger partial charge in [0, 0.05) is 0 Å². The normalized spacial score (nSPS) is 12.0. The summed E-state index contributed by atoms with van der Waals surface area (Å²) in [6.45, 7) is 6.12. The number of amides is 1. The highest BCUT2D eigenvalue weighted by atomic mass is 79.9. The first-order valence-electron chi connectivity index (χ1n) is 8.62. The van der Waals surface area contributed by atoms with E-state index in [2.05, 4.69) is 47.2 Å². The molecule has 0 aliphatic heterocycles. The Hall–Kier alpha value is -2.33. The fraction of sp³-hybridized carbons (Fsp3) is 0.227. The van der Waals surface area contributed by atoms with Crippen molar-refractivity contribution in [2.45, 2.75) is 26.8 Å². The van der Waals surface area contributed by atoms with Crippen molar-refractivity contribution in [3.05, 3.63) is 75.8 Å². The minimum atomic E-state index is -0.143. The van der Waals surface area contributed by atoms with Crippen LogP contribution in [-0.2, 0) is 4.79 Å². The van der Waals surface area contributed by atoms with Crippen LogP contribution in [0.2, 0.25) is 0 Å². The van der Waals surface area contributed by atoms with Crippen molar-refractivity contribution < 1.29 is 9.53 Å². The maximum atomic E-state index is 12.3. The Morgan fingerprint density at radius 3 is 2.62 bits per heavy atom. The molecule has 3 nitrogen and oxygen atoms in total. The van der Waals surface area contributed by atoms with E-state index in [1.165, 1.54) is 11.1 Å². The molecule has 134 valence electrons. The second kappa shape index (κ2) is 7.92. The second-order valence-electron chi connectivity index (χ2n) is 6.52. The fourth-order valence-corrected chi connectivity index (χ4v) is 3.48. The molecule has 3 aromatic rings. The number of rotatable bonds is 5. The number of benzene rings is 3. The largest absolute Gasteiger partial charge is 0.483 e. The van der Waals surface area contributed by atoms with Crippen molar-refractivity contribution in [1.82, 2.24) is 5.32 Å². The van der Waals surface area contributed by atoms with Crippen LogP contribution in [0.3, 0.4) is 0 Å². The Kier molecular flexibility index (Phi) is 5.62. The van der Waals surface area contributed by atoms with Crippen LogP contribution in [0.15, 0.2) is 59.1 Å². The lowest BCUT2D eigenvalue weighted by atomic mass is 10.0. The molecule has 0 unspecified atom stereocenters. The average molecular weight is 412 g/mol. The summed E-state index contributed by atoms with van der Waals surface area (Å²) in [5.41, 5.74) is 3.56. The lowest BCUT2D eigenvalue weighted by molar-refractivity contribution is -0.123. The number of ether oxygens (including phenoxy) is 1. The molecular formula is C22H22BrNO2. The zero-order chi connectivity index (χ0) is 18.7. The van der Waals surface area contributed by atoms with Gasteiger partial charge in [0.05, 0.1) is 10.5 Å². The maximum absolute atomic E-state index is 12.3. The summed E-state index contributed by atoms with van der Waals surface area (Å²) in [5.74, 6) is 0.522. The highest BCUT2D eigenvalue weighted by Crippen LogP contribution is 2.33. The minimum absolute atomic E-state index is 0.0217. The SMILES string of the molecule is Cc1ccc([C@H](C)NC(=O)COc2ccc3ccccc3c2Br)cc1C. The average Bonchev–Trinajstić information content (AvgIpc) is 2.63. The summed E-state index contributed by atoms with van der Waals surface area (Å²) in [5, 5.41) is 5.18. The van der Waals surface area contributed by atoms with Crippen LogP contribution in [0.4, 0.5) is 0 Å². The molecule has 0 bridgehead atoms. The number of carbonyl (C=O) groups is 1. The monoisotopic (exact) mass is 411 g/mol. The van der Waals surface area contributed by atoms with Gasteiger partial charge in [-0.05, 0) is 70.2 Å². The standard InChI is InChI=1S/C22H22BrNO2/c1-14-8-9-18(12-15(14)2)16(3)24-21(25)13-26-20-11-10-17-6-4-5-7-19(17)22(20)23/h4-12,16H,13H2,1-3H3,(H,24,25)/t16-/m0/s1. The summed E-state index contributed by atoms with van der Waals surface area (Å²) in [6.07, 6.45) is 0. The van der Waals surface area contributed by atoms with Crippen molar-refractivity contribution >= 4 is 32.6 Å². The Labute approximate surface area is 162 Å². The molecule has 0 aromatic heterocycles. The van der Waals surface area contributed by atoms with Crippen molar-refractivity contribution in [2.75, 3.05) is 6.61 Å². The molecule has 1 atom stereocenters. The van der Waals surface area contributed by atoms with Crippen LogP contribution in [0.25, 0.3) is 10.8 Å². The molecule has 1 N–H and O–H groups in total. The molecule has 0 spiro atoms. The van der Waals surface area contributed by atoms with Crippen LogP contribution in [-0.4, -0.2) is 12.5 Å². The van der Waals surface area contributed by atoms with Crippen LogP contribution in [0.5, 0.6) is 5.75 Å². The van der Waals surface area contributed by atoms with E-state index in [-0.39, 0.29) is 18.6 Å². The number of fused-ring (bicyclic) bond motifs is 1. The van der Waals surface area contributed by atoms with E-state index in [9.17, 15) is 4.79 Å². The number of hydrogen-bond donors (Lipinski definition) is 1. The van der Waals surface area contributed by atoms with E-state index >= 15 is 0 Å². The highest BCUT2D eigenvalue weighted by molar-refractivity contribution is 9.10. The smallest absolute Gasteiger partial charge is 0.258 e. The van der Waals surface area contributed by atoms with E-state index in [0.717, 1.165) is 20.8 Å². The molecule has 3 rings (SSSR count). The quantitative estimate of drug-likeness (QED) is 0.603. The van der Waals surface area contributed by atoms with Gasteiger partial charge in [0.25, 0.3) is 5.91 Å². The van der Waals surface area contributed by atoms with Crippen LogP contribution in [0.1, 0.15) is 29.7 Å². The Morgan fingerprint density at radius 1 is 1.08 bits per heavy atom. The van der Waals surface area contributed by atoms with Gasteiger partial charge in [-0.25, -0.2) is 0 Å². The lowest BCUT2D eigenvalue weighted by Crippen LogP contribution is -2.31. The van der Waals surface area contributed by atoms with E-state index in [4.69, 9.17) is 4.74 Å². The molecule has 1 amide bonds. The second-order valence-corrected chi connectivity index (χ2v) is 7.31. The molecular weight excluding hydrogens is 390 g/mol. The van der Waals surface area contributed by atoms with Crippen LogP contribution < -0.4 is 10.1 Å².